The smallest absolute Gasteiger partial charge is 0.303 e. The van der Waals surface area contributed by atoms with Gasteiger partial charge in [0, 0.05) is 46.6 Å². The quantitative estimate of drug-likeness (QED) is 0.263. The predicted molar refractivity (Wildman–Crippen MR) is 142 cm³/mol. The molecule has 0 unspecified atom stereocenters. The number of nitrogens with one attached hydrogen (secondary N) is 2. The van der Waals surface area contributed by atoms with Crippen LogP contribution in [-0.4, -0.2) is 40.5 Å². The van der Waals surface area contributed by atoms with E-state index in [-0.39, 0.29) is 12.2 Å². The van der Waals surface area contributed by atoms with E-state index in [0.29, 0.717) is 47.1 Å². The number of carbonyl (C=O) groups excluding carboxylic acids is 1. The zero-order chi connectivity index (χ0) is 26.0. The van der Waals surface area contributed by atoms with Gasteiger partial charge in [-0.25, -0.2) is 13.4 Å². The fraction of sp³-hybridized carbons (Fsp3) is 0.250. The van der Waals surface area contributed by atoms with E-state index in [4.69, 9.17) is 5.11 Å². The molecular formula is C28H27N3O5S. The molecule has 190 valence electrons. The van der Waals surface area contributed by atoms with Gasteiger partial charge in [0.2, 0.25) is 10.0 Å². The number of H-pyrrole nitrogens is 1. The van der Waals surface area contributed by atoms with Crippen molar-refractivity contribution in [2.45, 2.75) is 43.8 Å². The number of sulfonamides is 1. The zero-order valence-corrected chi connectivity index (χ0v) is 20.9. The molecule has 2 aromatic heterocycles. The highest BCUT2D eigenvalue weighted by atomic mass is 32.2. The molecule has 0 radical (unpaired) electrons. The Kier molecular flexibility index (Phi) is 6.80. The number of aliphatic carboxylic acids is 1. The summed E-state index contributed by atoms with van der Waals surface area (Å²) in [5.74, 6) is -1.10. The Labute approximate surface area is 214 Å². The molecular weight excluding hydrogens is 490 g/mol. The van der Waals surface area contributed by atoms with E-state index in [9.17, 15) is 18.0 Å². The first kappa shape index (κ1) is 24.7. The van der Waals surface area contributed by atoms with Crippen LogP contribution in [0.5, 0.6) is 0 Å². The largest absolute Gasteiger partial charge is 0.481 e. The Morgan fingerprint density at radius 1 is 1.03 bits per heavy atom. The van der Waals surface area contributed by atoms with Gasteiger partial charge in [0.15, 0.2) is 5.78 Å². The summed E-state index contributed by atoms with van der Waals surface area (Å²) in [7, 11) is -3.50. The summed E-state index contributed by atoms with van der Waals surface area (Å²) in [5.41, 5.74) is 4.32. The minimum atomic E-state index is -3.50. The summed E-state index contributed by atoms with van der Waals surface area (Å²) in [6, 6.07) is 16.0. The van der Waals surface area contributed by atoms with Crippen molar-refractivity contribution in [3.63, 3.8) is 0 Å². The molecule has 2 aromatic carbocycles. The number of nitrogens with zero attached hydrogens (tertiary/aromatic N) is 1. The molecule has 3 N–H and O–H groups in total. The minimum Gasteiger partial charge on any atom is -0.481 e. The van der Waals surface area contributed by atoms with Gasteiger partial charge >= 0.3 is 5.97 Å². The van der Waals surface area contributed by atoms with Crippen molar-refractivity contribution < 1.29 is 23.1 Å². The molecule has 1 aliphatic carbocycles. The van der Waals surface area contributed by atoms with Crippen LogP contribution in [0.1, 0.15) is 53.6 Å². The number of carboxylic acids is 1. The monoisotopic (exact) mass is 517 g/mol. The summed E-state index contributed by atoms with van der Waals surface area (Å²) < 4.78 is 28.1. The number of rotatable bonds is 9. The van der Waals surface area contributed by atoms with Crippen molar-refractivity contribution >= 4 is 38.5 Å². The molecule has 0 amide bonds. The third-order valence-corrected chi connectivity index (χ3v) is 8.66. The number of carbonyl (C=O) groups is 2. The highest BCUT2D eigenvalue weighted by Crippen LogP contribution is 2.29. The Hall–Kier alpha value is -3.98. The van der Waals surface area contributed by atoms with E-state index in [2.05, 4.69) is 14.7 Å². The lowest BCUT2D eigenvalue weighted by molar-refractivity contribution is -0.136. The first-order chi connectivity index (χ1) is 17.8. The number of aryl methyl sites for hydroxylation is 1. The third-order valence-electron chi connectivity index (χ3n) is 6.79. The van der Waals surface area contributed by atoms with Gasteiger partial charge in [-0.05, 0) is 48.6 Å². The molecule has 0 aliphatic heterocycles. The molecule has 0 atom stereocenters. The molecule has 9 heteroatoms. The maximum absolute atomic E-state index is 13.5. The molecule has 2 heterocycles. The van der Waals surface area contributed by atoms with Crippen molar-refractivity contribution in [1.29, 1.82) is 0 Å². The van der Waals surface area contributed by atoms with Crippen LogP contribution in [-0.2, 0) is 21.2 Å². The Morgan fingerprint density at radius 2 is 1.81 bits per heavy atom. The Balaban J connectivity index is 1.42. The normalized spacial score (nSPS) is 14.2. The van der Waals surface area contributed by atoms with Crippen LogP contribution >= 0.6 is 0 Å². The molecule has 1 aliphatic rings. The second kappa shape index (κ2) is 10.2. The van der Waals surface area contributed by atoms with Crippen molar-refractivity contribution in [2.75, 3.05) is 4.72 Å². The highest BCUT2D eigenvalue weighted by molar-refractivity contribution is 7.93. The highest BCUT2D eigenvalue weighted by Gasteiger charge is 2.28. The van der Waals surface area contributed by atoms with Crippen LogP contribution < -0.4 is 4.72 Å². The fourth-order valence-electron chi connectivity index (χ4n) is 4.83. The predicted octanol–water partition coefficient (Wildman–Crippen LogP) is 5.16. The van der Waals surface area contributed by atoms with E-state index in [1.165, 1.54) is 0 Å². The van der Waals surface area contributed by atoms with Crippen molar-refractivity contribution in [3.8, 4) is 11.1 Å². The second-order valence-corrected chi connectivity index (χ2v) is 11.3. The number of hydrogen-bond donors (Lipinski definition) is 3. The Bertz CT molecular complexity index is 1590. The lowest BCUT2D eigenvalue weighted by Gasteiger charge is -2.14. The average molecular weight is 518 g/mol. The van der Waals surface area contributed by atoms with Crippen LogP contribution in [0, 0.1) is 0 Å². The number of aromatic amines is 1. The zero-order valence-electron chi connectivity index (χ0n) is 20.1. The van der Waals surface area contributed by atoms with Gasteiger partial charge in [0.05, 0.1) is 5.25 Å². The Morgan fingerprint density at radius 3 is 2.59 bits per heavy atom. The topological polar surface area (TPSA) is 129 Å². The van der Waals surface area contributed by atoms with Crippen LogP contribution in [0.3, 0.4) is 0 Å². The van der Waals surface area contributed by atoms with Crippen molar-refractivity contribution in [3.05, 3.63) is 83.7 Å². The lowest BCUT2D eigenvalue weighted by atomic mass is 9.99. The second-order valence-electron chi connectivity index (χ2n) is 9.38. The minimum absolute atomic E-state index is 0.0487. The van der Waals surface area contributed by atoms with Crippen molar-refractivity contribution in [2.24, 2.45) is 0 Å². The maximum Gasteiger partial charge on any atom is 0.303 e. The molecule has 37 heavy (non-hydrogen) atoms. The van der Waals surface area contributed by atoms with Gasteiger partial charge in [-0.2, -0.15) is 0 Å². The van der Waals surface area contributed by atoms with Crippen LogP contribution in [0.2, 0.25) is 0 Å². The number of benzene rings is 2. The lowest BCUT2D eigenvalue weighted by Crippen LogP contribution is -2.25. The van der Waals surface area contributed by atoms with Gasteiger partial charge in [-0.1, -0.05) is 49.2 Å². The standard InChI is InChI=1S/C28H27N3O5S/c32-26(33)12-11-18-5-3-6-19(13-18)21-15-24-25(17-30-28(24)29-16-21)27(34)20-7-4-8-22(14-20)31-37(35,36)23-9-1-2-10-23/h3-8,13-17,23,31H,1-2,9-12H2,(H,29,30)(H,32,33). The molecule has 4 aromatic rings. The molecule has 8 nitrogen and oxygen atoms in total. The molecule has 0 saturated heterocycles. The molecule has 0 spiro atoms. The summed E-state index contributed by atoms with van der Waals surface area (Å²) >= 11 is 0. The summed E-state index contributed by atoms with van der Waals surface area (Å²) in [6.07, 6.45) is 6.92. The number of hydrogen-bond acceptors (Lipinski definition) is 5. The van der Waals surface area contributed by atoms with Crippen LogP contribution in [0.15, 0.2) is 67.0 Å². The third kappa shape index (κ3) is 5.41. The molecule has 1 saturated carbocycles. The van der Waals surface area contributed by atoms with Gasteiger partial charge in [0.1, 0.15) is 5.65 Å². The van der Waals surface area contributed by atoms with Gasteiger partial charge < -0.3 is 10.1 Å². The van der Waals surface area contributed by atoms with Crippen LogP contribution in [0.25, 0.3) is 22.2 Å². The molecule has 5 rings (SSSR count). The van der Waals surface area contributed by atoms with Gasteiger partial charge in [0.25, 0.3) is 0 Å². The maximum atomic E-state index is 13.5. The van der Waals surface area contributed by atoms with Gasteiger partial charge in [-0.15, -0.1) is 0 Å². The fourth-order valence-corrected chi connectivity index (χ4v) is 6.41. The number of fused-ring (bicyclic) bond motifs is 1. The SMILES string of the molecule is O=C(O)CCc1cccc(-c2cnc3[nH]cc(C(=O)c4cccc(NS(=O)(=O)C5CCCC5)c4)c3c2)c1. The van der Waals surface area contributed by atoms with E-state index < -0.39 is 21.2 Å². The summed E-state index contributed by atoms with van der Waals surface area (Å²) in [4.78, 5) is 31.9. The number of carboxylic acid groups (broad SMARTS) is 1. The summed E-state index contributed by atoms with van der Waals surface area (Å²) in [6.45, 7) is 0. The van der Waals surface area contributed by atoms with Gasteiger partial charge in [-0.3, -0.25) is 14.3 Å². The molecule has 0 bridgehead atoms. The number of ketones is 1. The number of aromatic nitrogens is 2. The average Bonchev–Trinajstić information content (AvgIpc) is 3.58. The molecule has 1 fully saturated rings. The van der Waals surface area contributed by atoms with E-state index in [1.54, 1.807) is 36.7 Å². The first-order valence-electron chi connectivity index (χ1n) is 12.2. The summed E-state index contributed by atoms with van der Waals surface area (Å²) in [5, 5.41) is 9.23. The van der Waals surface area contributed by atoms with Crippen LogP contribution in [0.4, 0.5) is 5.69 Å². The number of anilines is 1. The number of pyridine rings is 1. The first-order valence-corrected chi connectivity index (χ1v) is 13.8. The van der Waals surface area contributed by atoms with E-state index >= 15 is 0 Å². The van der Waals surface area contributed by atoms with Crippen molar-refractivity contribution in [1.82, 2.24) is 9.97 Å². The van der Waals surface area contributed by atoms with E-state index in [0.717, 1.165) is 29.5 Å². The van der Waals surface area contributed by atoms with E-state index in [1.807, 2.05) is 30.3 Å².